The molecule has 0 aromatic heterocycles. The van der Waals surface area contributed by atoms with Crippen molar-refractivity contribution >= 4 is 5.97 Å². The first-order valence-electron chi connectivity index (χ1n) is 6.20. The highest BCUT2D eigenvalue weighted by Gasteiger charge is 2.20. The Balaban J connectivity index is 2.49. The van der Waals surface area contributed by atoms with E-state index in [4.69, 9.17) is 5.11 Å². The van der Waals surface area contributed by atoms with Crippen LogP contribution in [0.15, 0.2) is 24.3 Å². The Bertz CT molecular complexity index is 430. The molecule has 0 bridgehead atoms. The first-order valence-corrected chi connectivity index (χ1v) is 6.20. The molecule has 0 aliphatic rings. The average Bonchev–Trinajstić information content (AvgIpc) is 2.27. The smallest absolute Gasteiger partial charge is 0.335 e. The Kier molecular flexibility index (Phi) is 5.47. The number of hydrogen-bond donors (Lipinski definition) is 3. The summed E-state index contributed by atoms with van der Waals surface area (Å²) in [7, 11) is 3.82. The number of carboxylic acid groups (broad SMARTS) is 1. The standard InChI is InChI=1S/C14H22N2O3/c1-14(19,10-16(2)3)9-15-8-11-5-4-6-12(7-11)13(17)18/h4-7,15,19H,8-10H2,1-3H3,(H,17,18). The molecule has 0 saturated heterocycles. The van der Waals surface area contributed by atoms with Gasteiger partial charge in [0, 0.05) is 19.6 Å². The highest BCUT2D eigenvalue weighted by atomic mass is 16.4. The quantitative estimate of drug-likeness (QED) is 0.680. The van der Waals surface area contributed by atoms with Crippen molar-refractivity contribution in [2.75, 3.05) is 27.2 Å². The lowest BCUT2D eigenvalue weighted by Crippen LogP contribution is -2.45. The molecule has 0 fully saturated rings. The summed E-state index contributed by atoms with van der Waals surface area (Å²) < 4.78 is 0. The zero-order valence-electron chi connectivity index (χ0n) is 11.7. The summed E-state index contributed by atoms with van der Waals surface area (Å²) in [5.41, 5.74) is 0.355. The van der Waals surface area contributed by atoms with Crippen molar-refractivity contribution < 1.29 is 15.0 Å². The largest absolute Gasteiger partial charge is 0.478 e. The van der Waals surface area contributed by atoms with Gasteiger partial charge in [-0.05, 0) is 38.7 Å². The molecule has 1 aromatic rings. The fourth-order valence-corrected chi connectivity index (χ4v) is 2.03. The second kappa shape index (κ2) is 6.65. The highest BCUT2D eigenvalue weighted by Crippen LogP contribution is 2.07. The van der Waals surface area contributed by atoms with Gasteiger partial charge in [-0.25, -0.2) is 4.79 Å². The summed E-state index contributed by atoms with van der Waals surface area (Å²) in [6.07, 6.45) is 0. The SMILES string of the molecule is CN(C)CC(C)(O)CNCc1cccc(C(=O)O)c1. The molecule has 0 saturated carbocycles. The van der Waals surface area contributed by atoms with Crippen LogP contribution in [-0.4, -0.2) is 53.9 Å². The monoisotopic (exact) mass is 266 g/mol. The number of nitrogens with one attached hydrogen (secondary N) is 1. The van der Waals surface area contributed by atoms with Gasteiger partial charge in [-0.2, -0.15) is 0 Å². The minimum Gasteiger partial charge on any atom is -0.478 e. The van der Waals surface area contributed by atoms with Gasteiger partial charge in [0.05, 0.1) is 11.2 Å². The number of benzene rings is 1. The predicted molar refractivity (Wildman–Crippen MR) is 74.3 cm³/mol. The summed E-state index contributed by atoms with van der Waals surface area (Å²) in [5.74, 6) is -0.929. The van der Waals surface area contributed by atoms with Crippen LogP contribution in [0.5, 0.6) is 0 Å². The lowest BCUT2D eigenvalue weighted by molar-refractivity contribution is 0.0335. The van der Waals surface area contributed by atoms with Crippen LogP contribution in [0.2, 0.25) is 0 Å². The molecular weight excluding hydrogens is 244 g/mol. The molecule has 1 aromatic carbocycles. The van der Waals surface area contributed by atoms with E-state index >= 15 is 0 Å². The lowest BCUT2D eigenvalue weighted by Gasteiger charge is -2.27. The number of carboxylic acids is 1. The molecule has 0 radical (unpaired) electrons. The van der Waals surface area contributed by atoms with Crippen molar-refractivity contribution in [3.8, 4) is 0 Å². The summed E-state index contributed by atoms with van der Waals surface area (Å²) in [6.45, 7) is 3.32. The highest BCUT2D eigenvalue weighted by molar-refractivity contribution is 5.87. The number of aromatic carboxylic acids is 1. The van der Waals surface area contributed by atoms with Gasteiger partial charge in [0.15, 0.2) is 0 Å². The molecule has 0 spiro atoms. The molecule has 0 heterocycles. The van der Waals surface area contributed by atoms with Gasteiger partial charge in [-0.15, -0.1) is 0 Å². The fourth-order valence-electron chi connectivity index (χ4n) is 2.03. The van der Waals surface area contributed by atoms with E-state index in [0.29, 0.717) is 19.6 Å². The van der Waals surface area contributed by atoms with E-state index in [2.05, 4.69) is 5.32 Å². The second-order valence-corrected chi connectivity index (χ2v) is 5.34. The molecule has 1 unspecified atom stereocenters. The van der Waals surface area contributed by atoms with Gasteiger partial charge in [0.1, 0.15) is 0 Å². The van der Waals surface area contributed by atoms with Crippen molar-refractivity contribution in [3.05, 3.63) is 35.4 Å². The van der Waals surface area contributed by atoms with Crippen molar-refractivity contribution in [1.82, 2.24) is 10.2 Å². The lowest BCUT2D eigenvalue weighted by atomic mass is 10.1. The van der Waals surface area contributed by atoms with Gasteiger partial charge < -0.3 is 20.4 Å². The Hall–Kier alpha value is -1.43. The average molecular weight is 266 g/mol. The van der Waals surface area contributed by atoms with E-state index in [0.717, 1.165) is 5.56 Å². The summed E-state index contributed by atoms with van der Waals surface area (Å²) in [6, 6.07) is 6.78. The van der Waals surface area contributed by atoms with Crippen LogP contribution < -0.4 is 5.32 Å². The van der Waals surface area contributed by atoms with E-state index in [-0.39, 0.29) is 5.56 Å². The molecular formula is C14H22N2O3. The molecule has 0 amide bonds. The normalized spacial score (nSPS) is 14.4. The first kappa shape index (κ1) is 15.6. The Labute approximate surface area is 113 Å². The maximum atomic E-state index is 10.8. The number of aliphatic hydroxyl groups is 1. The van der Waals surface area contributed by atoms with Gasteiger partial charge in [-0.1, -0.05) is 12.1 Å². The number of hydrogen-bond acceptors (Lipinski definition) is 4. The molecule has 0 aliphatic carbocycles. The Morgan fingerprint density at radius 3 is 2.68 bits per heavy atom. The van der Waals surface area contributed by atoms with Gasteiger partial charge in [0.25, 0.3) is 0 Å². The maximum absolute atomic E-state index is 10.8. The van der Waals surface area contributed by atoms with Crippen molar-refractivity contribution in [2.24, 2.45) is 0 Å². The van der Waals surface area contributed by atoms with E-state index in [9.17, 15) is 9.90 Å². The maximum Gasteiger partial charge on any atom is 0.335 e. The summed E-state index contributed by atoms with van der Waals surface area (Å²) >= 11 is 0. The third-order valence-corrected chi connectivity index (χ3v) is 2.67. The topological polar surface area (TPSA) is 72.8 Å². The van der Waals surface area contributed by atoms with Crippen LogP contribution in [0.1, 0.15) is 22.8 Å². The number of likely N-dealkylation sites (N-methyl/N-ethyl adjacent to an activating group) is 1. The fraction of sp³-hybridized carbons (Fsp3) is 0.500. The van der Waals surface area contributed by atoms with Crippen LogP contribution in [0.25, 0.3) is 0 Å². The van der Waals surface area contributed by atoms with E-state index in [1.54, 1.807) is 25.1 Å². The molecule has 5 heteroatoms. The van der Waals surface area contributed by atoms with E-state index < -0.39 is 11.6 Å². The molecule has 1 atom stereocenters. The van der Waals surface area contributed by atoms with Crippen molar-refractivity contribution in [3.63, 3.8) is 0 Å². The zero-order valence-corrected chi connectivity index (χ0v) is 11.7. The Morgan fingerprint density at radius 2 is 2.11 bits per heavy atom. The molecule has 3 N–H and O–H groups in total. The minimum absolute atomic E-state index is 0.277. The number of carbonyl (C=O) groups is 1. The van der Waals surface area contributed by atoms with Gasteiger partial charge in [0.2, 0.25) is 0 Å². The first-order chi connectivity index (χ1) is 8.80. The van der Waals surface area contributed by atoms with Crippen molar-refractivity contribution in [2.45, 2.75) is 19.1 Å². The zero-order chi connectivity index (χ0) is 14.5. The second-order valence-electron chi connectivity index (χ2n) is 5.34. The molecule has 0 aliphatic heterocycles. The molecule has 5 nitrogen and oxygen atoms in total. The van der Waals surface area contributed by atoms with Gasteiger partial charge >= 0.3 is 5.97 Å². The van der Waals surface area contributed by atoms with Gasteiger partial charge in [-0.3, -0.25) is 0 Å². The van der Waals surface area contributed by atoms with Crippen LogP contribution in [0, 0.1) is 0 Å². The molecule has 106 valence electrons. The minimum atomic E-state index is -0.929. The van der Waals surface area contributed by atoms with Crippen LogP contribution in [0.4, 0.5) is 0 Å². The predicted octanol–water partition coefficient (Wildman–Crippen LogP) is 0.787. The summed E-state index contributed by atoms with van der Waals surface area (Å²) in [5, 5.41) is 22.1. The third-order valence-electron chi connectivity index (χ3n) is 2.67. The number of nitrogens with zero attached hydrogens (tertiary/aromatic N) is 1. The molecule has 19 heavy (non-hydrogen) atoms. The van der Waals surface area contributed by atoms with Crippen LogP contribution >= 0.6 is 0 Å². The van der Waals surface area contributed by atoms with Crippen molar-refractivity contribution in [1.29, 1.82) is 0 Å². The van der Waals surface area contributed by atoms with Crippen LogP contribution in [0.3, 0.4) is 0 Å². The third kappa shape index (κ3) is 5.83. The number of rotatable bonds is 7. The molecule has 1 rings (SSSR count). The van der Waals surface area contributed by atoms with E-state index in [1.807, 2.05) is 25.1 Å². The Morgan fingerprint density at radius 1 is 1.42 bits per heavy atom. The van der Waals surface area contributed by atoms with E-state index in [1.165, 1.54) is 0 Å². The summed E-state index contributed by atoms with van der Waals surface area (Å²) in [4.78, 5) is 12.8. The van der Waals surface area contributed by atoms with Crippen LogP contribution in [-0.2, 0) is 6.54 Å².